The third kappa shape index (κ3) is 5.61. The molecule has 2 aromatic rings. The first-order valence-corrected chi connectivity index (χ1v) is 10.6. The minimum atomic E-state index is 0.137. The smallest absolute Gasteiger partial charge is 0.171 e. The van der Waals surface area contributed by atoms with Gasteiger partial charge in [-0.2, -0.15) is 0 Å². The van der Waals surface area contributed by atoms with E-state index in [1.54, 1.807) is 0 Å². The molecule has 0 aromatic heterocycles. The van der Waals surface area contributed by atoms with Crippen molar-refractivity contribution in [2.45, 2.75) is 39.7 Å². The van der Waals surface area contributed by atoms with Crippen LogP contribution in [-0.4, -0.2) is 24.8 Å². The lowest BCUT2D eigenvalue weighted by atomic mass is 9.98. The van der Waals surface area contributed by atoms with E-state index in [1.807, 2.05) is 31.2 Å². The number of hydrogen-bond acceptors (Lipinski definition) is 3. The third-order valence-corrected chi connectivity index (χ3v) is 5.53. The second-order valence-electron chi connectivity index (χ2n) is 7.54. The molecule has 0 saturated carbocycles. The van der Waals surface area contributed by atoms with Gasteiger partial charge in [0.25, 0.3) is 0 Å². The monoisotopic (exact) mass is 397 g/mol. The lowest BCUT2D eigenvalue weighted by Gasteiger charge is -2.32. The zero-order valence-corrected chi connectivity index (χ0v) is 17.9. The molecule has 4 nitrogen and oxygen atoms in total. The fraction of sp³-hybridized carbons (Fsp3) is 0.435. The minimum absolute atomic E-state index is 0.137. The van der Waals surface area contributed by atoms with E-state index >= 15 is 0 Å². The molecule has 2 N–H and O–H groups in total. The third-order valence-electron chi connectivity index (χ3n) is 5.31. The molecule has 1 atom stereocenters. The Labute approximate surface area is 174 Å². The summed E-state index contributed by atoms with van der Waals surface area (Å²) in [5, 5.41) is 7.22. The van der Waals surface area contributed by atoms with Crippen LogP contribution in [0.2, 0.25) is 0 Å². The molecule has 1 fully saturated rings. The second kappa shape index (κ2) is 9.78. The maximum Gasteiger partial charge on any atom is 0.171 e. The van der Waals surface area contributed by atoms with Crippen molar-refractivity contribution in [2.24, 2.45) is 5.92 Å². The van der Waals surface area contributed by atoms with E-state index in [1.165, 1.54) is 24.1 Å². The number of nitrogens with zero attached hydrogens (tertiary/aromatic N) is 1. The first kappa shape index (κ1) is 20.5. The highest BCUT2D eigenvalue weighted by molar-refractivity contribution is 7.80. The summed E-state index contributed by atoms with van der Waals surface area (Å²) in [6.45, 7) is 9.43. The fourth-order valence-electron chi connectivity index (χ4n) is 3.49. The van der Waals surface area contributed by atoms with Crippen LogP contribution in [-0.2, 0) is 0 Å². The van der Waals surface area contributed by atoms with Crippen molar-refractivity contribution in [1.82, 2.24) is 5.32 Å². The van der Waals surface area contributed by atoms with E-state index < -0.39 is 0 Å². The van der Waals surface area contributed by atoms with E-state index in [0.29, 0.717) is 11.7 Å². The number of ether oxygens (including phenoxy) is 1. The number of benzene rings is 2. The Morgan fingerprint density at radius 3 is 2.36 bits per heavy atom. The molecule has 1 aliphatic heterocycles. The van der Waals surface area contributed by atoms with Crippen LogP contribution in [0, 0.1) is 5.92 Å². The molecule has 0 bridgehead atoms. The highest BCUT2D eigenvalue weighted by Crippen LogP contribution is 2.24. The standard InChI is InChI=1S/C23H31N3OS/c1-4-27-22-11-7-20(8-12-22)25-23(28)24-18(3)19-5-9-21(10-6-19)26-15-13-17(2)14-16-26/h5-12,17-18H,4,13-16H2,1-3H3,(H2,24,25,28)/t18-/m1/s1. The van der Waals surface area contributed by atoms with Gasteiger partial charge in [-0.15, -0.1) is 0 Å². The molecule has 1 aliphatic rings. The van der Waals surface area contributed by atoms with Crippen molar-refractivity contribution in [3.05, 3.63) is 54.1 Å². The van der Waals surface area contributed by atoms with Crippen LogP contribution in [0.3, 0.4) is 0 Å². The first-order valence-electron chi connectivity index (χ1n) is 10.2. The van der Waals surface area contributed by atoms with E-state index in [9.17, 15) is 0 Å². The van der Waals surface area contributed by atoms with Gasteiger partial charge in [0.2, 0.25) is 0 Å². The molecule has 2 aromatic carbocycles. The summed E-state index contributed by atoms with van der Waals surface area (Å²) in [7, 11) is 0. The molecule has 0 radical (unpaired) electrons. The zero-order chi connectivity index (χ0) is 19.9. The maximum absolute atomic E-state index is 5.47. The van der Waals surface area contributed by atoms with Crippen LogP contribution in [0.25, 0.3) is 0 Å². The topological polar surface area (TPSA) is 36.5 Å². The van der Waals surface area contributed by atoms with Crippen molar-refractivity contribution >= 4 is 28.7 Å². The van der Waals surface area contributed by atoms with Crippen molar-refractivity contribution in [3.63, 3.8) is 0 Å². The van der Waals surface area contributed by atoms with E-state index in [4.69, 9.17) is 17.0 Å². The van der Waals surface area contributed by atoms with Gasteiger partial charge >= 0.3 is 0 Å². The van der Waals surface area contributed by atoms with Crippen LogP contribution >= 0.6 is 12.2 Å². The predicted octanol–water partition coefficient (Wildman–Crippen LogP) is 5.37. The van der Waals surface area contributed by atoms with Crippen molar-refractivity contribution in [1.29, 1.82) is 0 Å². The molecule has 28 heavy (non-hydrogen) atoms. The lowest BCUT2D eigenvalue weighted by Crippen LogP contribution is -2.33. The molecular weight excluding hydrogens is 366 g/mol. The van der Waals surface area contributed by atoms with Gasteiger partial charge < -0.3 is 20.3 Å². The molecule has 0 amide bonds. The Morgan fingerprint density at radius 1 is 1.11 bits per heavy atom. The summed E-state index contributed by atoms with van der Waals surface area (Å²) in [5.41, 5.74) is 3.49. The van der Waals surface area contributed by atoms with Crippen LogP contribution in [0.15, 0.2) is 48.5 Å². The molecule has 0 unspecified atom stereocenters. The minimum Gasteiger partial charge on any atom is -0.494 e. The summed E-state index contributed by atoms with van der Waals surface area (Å²) < 4.78 is 5.47. The summed E-state index contributed by atoms with van der Waals surface area (Å²) >= 11 is 5.47. The molecule has 1 heterocycles. The predicted molar refractivity (Wildman–Crippen MR) is 122 cm³/mol. The molecule has 3 rings (SSSR count). The summed E-state index contributed by atoms with van der Waals surface area (Å²) in [4.78, 5) is 2.49. The van der Waals surface area contributed by atoms with Crippen molar-refractivity contribution in [2.75, 3.05) is 29.9 Å². The van der Waals surface area contributed by atoms with Crippen LogP contribution in [0.1, 0.15) is 45.2 Å². The van der Waals surface area contributed by atoms with Gasteiger partial charge in [-0.05, 0) is 86.8 Å². The average Bonchev–Trinajstić information content (AvgIpc) is 2.70. The van der Waals surface area contributed by atoms with Gasteiger partial charge in [-0.3, -0.25) is 0 Å². The van der Waals surface area contributed by atoms with Gasteiger partial charge in [-0.25, -0.2) is 0 Å². The van der Waals surface area contributed by atoms with E-state index in [-0.39, 0.29) is 6.04 Å². The Kier molecular flexibility index (Phi) is 7.15. The fourth-order valence-corrected chi connectivity index (χ4v) is 3.78. The van der Waals surface area contributed by atoms with Gasteiger partial charge in [-0.1, -0.05) is 19.1 Å². The van der Waals surface area contributed by atoms with Gasteiger partial charge in [0.1, 0.15) is 5.75 Å². The van der Waals surface area contributed by atoms with Crippen molar-refractivity contribution < 1.29 is 4.74 Å². The zero-order valence-electron chi connectivity index (χ0n) is 17.1. The average molecular weight is 398 g/mol. The second-order valence-corrected chi connectivity index (χ2v) is 7.95. The van der Waals surface area contributed by atoms with E-state index in [0.717, 1.165) is 30.4 Å². The molecule has 150 valence electrons. The largest absolute Gasteiger partial charge is 0.494 e. The molecule has 1 saturated heterocycles. The highest BCUT2D eigenvalue weighted by Gasteiger charge is 2.16. The quantitative estimate of drug-likeness (QED) is 0.641. The highest BCUT2D eigenvalue weighted by atomic mass is 32.1. The van der Waals surface area contributed by atoms with Gasteiger partial charge in [0, 0.05) is 24.5 Å². The number of nitrogens with one attached hydrogen (secondary N) is 2. The maximum atomic E-state index is 5.47. The summed E-state index contributed by atoms with van der Waals surface area (Å²) in [5.74, 6) is 1.71. The summed E-state index contributed by atoms with van der Waals surface area (Å²) in [6, 6.07) is 16.8. The number of piperidine rings is 1. The number of rotatable bonds is 6. The number of thiocarbonyl (C=S) groups is 1. The normalized spacial score (nSPS) is 15.8. The Morgan fingerprint density at radius 2 is 1.75 bits per heavy atom. The van der Waals surface area contributed by atoms with Crippen LogP contribution in [0.5, 0.6) is 5.75 Å². The lowest BCUT2D eigenvalue weighted by molar-refractivity contribution is 0.340. The first-order chi connectivity index (χ1) is 13.5. The summed E-state index contributed by atoms with van der Waals surface area (Å²) in [6.07, 6.45) is 2.57. The Bertz CT molecular complexity index is 752. The Balaban J connectivity index is 1.52. The van der Waals surface area contributed by atoms with Crippen LogP contribution in [0.4, 0.5) is 11.4 Å². The number of hydrogen-bond donors (Lipinski definition) is 2. The number of anilines is 2. The SMILES string of the molecule is CCOc1ccc(NC(=S)N[C@H](C)c2ccc(N3CCC(C)CC3)cc2)cc1. The van der Waals surface area contributed by atoms with E-state index in [2.05, 4.69) is 53.6 Å². The molecular formula is C23H31N3OS. The van der Waals surface area contributed by atoms with Gasteiger partial charge in [0.15, 0.2) is 5.11 Å². The molecule has 0 spiro atoms. The van der Waals surface area contributed by atoms with Gasteiger partial charge in [0.05, 0.1) is 12.6 Å². The molecule has 0 aliphatic carbocycles. The van der Waals surface area contributed by atoms with Crippen LogP contribution < -0.4 is 20.3 Å². The Hall–Kier alpha value is -2.27. The van der Waals surface area contributed by atoms with Crippen molar-refractivity contribution in [3.8, 4) is 5.75 Å². The molecule has 5 heteroatoms.